The van der Waals surface area contributed by atoms with Crippen molar-refractivity contribution >= 4 is 39.5 Å². The lowest BCUT2D eigenvalue weighted by molar-refractivity contribution is 0.454. The molecule has 0 heterocycles. The summed E-state index contributed by atoms with van der Waals surface area (Å²) in [6, 6.07) is 33.8. The molecule has 215 valence electrons. The molecule has 1 N–H and O–H groups in total. The van der Waals surface area contributed by atoms with Crippen molar-refractivity contribution in [2.75, 3.05) is 0 Å². The van der Waals surface area contributed by atoms with E-state index in [-0.39, 0.29) is 0 Å². The summed E-state index contributed by atoms with van der Waals surface area (Å²) in [4.78, 5) is 0. The van der Waals surface area contributed by atoms with E-state index in [2.05, 4.69) is 146 Å². The summed E-state index contributed by atoms with van der Waals surface area (Å²) >= 11 is 6.92. The van der Waals surface area contributed by atoms with Gasteiger partial charge in [0, 0.05) is 8.95 Å². The van der Waals surface area contributed by atoms with Gasteiger partial charge in [0.25, 0.3) is 0 Å². The third-order valence-electron chi connectivity index (χ3n) is 6.95. The molecule has 0 aromatic heterocycles. The fourth-order valence-electron chi connectivity index (χ4n) is 4.33. The van der Waals surface area contributed by atoms with E-state index in [1.807, 2.05) is 19.1 Å². The molecule has 1 radical (unpaired) electrons. The minimum absolute atomic E-state index is 0.646. The maximum atomic E-state index is 8.24. The van der Waals surface area contributed by atoms with Gasteiger partial charge < -0.3 is 9.68 Å². The van der Waals surface area contributed by atoms with Gasteiger partial charge in [-0.05, 0) is 117 Å². The number of aryl methyl sites for hydroxylation is 7. The first-order valence-electron chi connectivity index (χ1n) is 13.8. The molecule has 5 rings (SSSR count). The molecule has 0 saturated heterocycles. The molecule has 42 heavy (non-hydrogen) atoms. The molecule has 0 spiro atoms. The van der Waals surface area contributed by atoms with Crippen LogP contribution >= 0.6 is 31.9 Å². The Kier molecular flexibility index (Phi) is 12.7. The maximum absolute atomic E-state index is 8.24. The molecule has 0 amide bonds. The van der Waals surface area contributed by atoms with Crippen LogP contribution in [0.3, 0.4) is 0 Å². The monoisotopic (exact) mass is 683 g/mol. The topological polar surface area (TPSA) is 29.5 Å². The zero-order valence-electron chi connectivity index (χ0n) is 25.4. The number of benzene rings is 5. The zero-order chi connectivity index (χ0) is 30.8. The summed E-state index contributed by atoms with van der Waals surface area (Å²) in [6.07, 6.45) is 0. The minimum atomic E-state index is 0.646. The summed E-state index contributed by atoms with van der Waals surface area (Å²) in [6.45, 7) is 14.8. The van der Waals surface area contributed by atoms with Gasteiger partial charge in [-0.25, -0.2) is 0 Å². The van der Waals surface area contributed by atoms with Crippen LogP contribution in [0.15, 0.2) is 106 Å². The molecule has 0 aliphatic carbocycles. The van der Waals surface area contributed by atoms with Crippen LogP contribution in [0.4, 0.5) is 0 Å². The van der Waals surface area contributed by atoms with Gasteiger partial charge in [0.2, 0.25) is 0 Å². The first kappa shape index (κ1) is 33.4. The maximum Gasteiger partial charge on any atom is 0.569 e. The van der Waals surface area contributed by atoms with Gasteiger partial charge in [-0.2, -0.15) is 0 Å². The molecule has 0 fully saturated rings. The van der Waals surface area contributed by atoms with Crippen molar-refractivity contribution in [3.8, 4) is 28.0 Å². The lowest BCUT2D eigenvalue weighted by Crippen LogP contribution is -1.99. The second-order valence-electron chi connectivity index (χ2n) is 10.6. The molecule has 0 aliphatic rings. The highest BCUT2D eigenvalue weighted by molar-refractivity contribution is 9.11. The van der Waals surface area contributed by atoms with Crippen molar-refractivity contribution in [2.24, 2.45) is 0 Å². The molecule has 5 aromatic carbocycles. The van der Waals surface area contributed by atoms with Gasteiger partial charge in [0.15, 0.2) is 0 Å². The van der Waals surface area contributed by atoms with Crippen LogP contribution in [-0.4, -0.2) is 12.7 Å². The van der Waals surface area contributed by atoms with Crippen LogP contribution in [0.25, 0.3) is 22.3 Å². The van der Waals surface area contributed by atoms with Crippen LogP contribution in [0, 0.1) is 48.5 Å². The SMILES string of the molecule is Cc1cc(Br)c(C)cc1Br.Cc1ccc(-c2cc(C)c(-c3ccc(C)cc3)cc2C)cc1.Cc1ccc(O[B]O)cc1. The summed E-state index contributed by atoms with van der Waals surface area (Å²) in [5.41, 5.74) is 14.2. The van der Waals surface area contributed by atoms with Gasteiger partial charge in [0.05, 0.1) is 5.75 Å². The first-order chi connectivity index (χ1) is 20.0. The van der Waals surface area contributed by atoms with E-state index in [0.717, 1.165) is 0 Å². The first-order valence-corrected chi connectivity index (χ1v) is 15.4. The Bertz CT molecular complexity index is 1470. The average molecular weight is 685 g/mol. The molecule has 5 aromatic rings. The molecule has 0 unspecified atom stereocenters. The Morgan fingerprint density at radius 2 is 0.810 bits per heavy atom. The van der Waals surface area contributed by atoms with Crippen molar-refractivity contribution in [3.05, 3.63) is 145 Å². The molecular weight excluding hydrogens is 647 g/mol. The standard InChI is InChI=1S/C22H22.C8H8Br2.C7H8BO2/c1-15-5-9-19(10-6-15)21-13-18(4)22(14-17(21)3)20-11-7-16(2)8-12-20;1-5-3-8(10)6(2)4-7(5)9;1-6-2-4-7(5-3-6)10-8-9/h5-14H,1-4H3;3-4H,1-2H3;2-5,9H,1H3. The second-order valence-corrected chi connectivity index (χ2v) is 12.3. The Labute approximate surface area is 269 Å². The average Bonchev–Trinajstić information content (AvgIpc) is 2.96. The Morgan fingerprint density at radius 1 is 0.476 bits per heavy atom. The van der Waals surface area contributed by atoms with Crippen molar-refractivity contribution in [1.29, 1.82) is 0 Å². The summed E-state index contributed by atoms with van der Waals surface area (Å²) in [5, 5.41) is 8.24. The predicted octanol–water partition coefficient (Wildman–Crippen LogP) is 11.0. The molecule has 5 heteroatoms. The van der Waals surface area contributed by atoms with Crippen molar-refractivity contribution in [2.45, 2.75) is 48.5 Å². The highest BCUT2D eigenvalue weighted by atomic mass is 79.9. The van der Waals surface area contributed by atoms with Gasteiger partial charge >= 0.3 is 7.69 Å². The molecule has 0 bridgehead atoms. The number of halogens is 2. The van der Waals surface area contributed by atoms with E-state index in [4.69, 9.17) is 9.68 Å². The third kappa shape index (κ3) is 9.73. The van der Waals surface area contributed by atoms with Crippen LogP contribution in [0.1, 0.15) is 38.9 Å². The van der Waals surface area contributed by atoms with E-state index in [1.54, 1.807) is 12.1 Å². The third-order valence-corrected chi connectivity index (χ3v) is 8.65. The van der Waals surface area contributed by atoms with E-state index in [0.29, 0.717) is 13.4 Å². The number of rotatable bonds is 4. The Morgan fingerprint density at radius 3 is 1.14 bits per heavy atom. The Hall–Kier alpha value is -3.12. The van der Waals surface area contributed by atoms with Crippen LogP contribution in [0.5, 0.6) is 5.75 Å². The summed E-state index contributed by atoms with van der Waals surface area (Å²) in [7, 11) is 0.671. The minimum Gasteiger partial charge on any atom is -0.537 e. The van der Waals surface area contributed by atoms with E-state index < -0.39 is 0 Å². The largest absolute Gasteiger partial charge is 0.569 e. The second kappa shape index (κ2) is 15.9. The van der Waals surface area contributed by atoms with Crippen LogP contribution in [0.2, 0.25) is 0 Å². The highest BCUT2D eigenvalue weighted by Gasteiger charge is 2.08. The molecular formula is C37H38BBr2O2. The number of hydrogen-bond donors (Lipinski definition) is 1. The number of hydrogen-bond acceptors (Lipinski definition) is 2. The van der Waals surface area contributed by atoms with E-state index >= 15 is 0 Å². The molecule has 0 atom stereocenters. The Balaban J connectivity index is 0.000000201. The summed E-state index contributed by atoms with van der Waals surface area (Å²) < 4.78 is 7.04. The zero-order valence-corrected chi connectivity index (χ0v) is 28.6. The molecule has 0 saturated carbocycles. The van der Waals surface area contributed by atoms with E-state index in [1.165, 1.54) is 70.1 Å². The highest BCUT2D eigenvalue weighted by Crippen LogP contribution is 2.32. The van der Waals surface area contributed by atoms with Crippen molar-refractivity contribution in [3.63, 3.8) is 0 Å². The van der Waals surface area contributed by atoms with Crippen LogP contribution < -0.4 is 4.65 Å². The normalized spacial score (nSPS) is 10.1. The predicted molar refractivity (Wildman–Crippen MR) is 187 cm³/mol. The van der Waals surface area contributed by atoms with Gasteiger partial charge in [-0.1, -0.05) is 121 Å². The van der Waals surface area contributed by atoms with Crippen molar-refractivity contribution < 1.29 is 9.68 Å². The molecule has 0 aliphatic heterocycles. The fourth-order valence-corrected chi connectivity index (χ4v) is 5.24. The van der Waals surface area contributed by atoms with Crippen molar-refractivity contribution in [1.82, 2.24) is 0 Å². The molecule has 2 nitrogen and oxygen atoms in total. The lowest BCUT2D eigenvalue weighted by atomic mass is 9.91. The quantitative estimate of drug-likeness (QED) is 0.191. The van der Waals surface area contributed by atoms with Gasteiger partial charge in [-0.3, -0.25) is 0 Å². The van der Waals surface area contributed by atoms with Crippen LogP contribution in [-0.2, 0) is 0 Å². The van der Waals surface area contributed by atoms with Gasteiger partial charge in [-0.15, -0.1) is 0 Å². The van der Waals surface area contributed by atoms with Gasteiger partial charge in [0.1, 0.15) is 0 Å². The smallest absolute Gasteiger partial charge is 0.537 e. The lowest BCUT2D eigenvalue weighted by Gasteiger charge is -2.13. The van der Waals surface area contributed by atoms with E-state index in [9.17, 15) is 0 Å². The summed E-state index contributed by atoms with van der Waals surface area (Å²) in [5.74, 6) is 0.646. The fraction of sp³-hybridized carbons (Fsp3) is 0.189.